The largest absolute Gasteiger partial charge is 0.497 e. The van der Waals surface area contributed by atoms with Crippen LogP contribution in [0.3, 0.4) is 0 Å². The Morgan fingerprint density at radius 2 is 1.81 bits per heavy atom. The second kappa shape index (κ2) is 9.47. The Morgan fingerprint density at radius 1 is 1.03 bits per heavy atom. The van der Waals surface area contributed by atoms with Crippen molar-refractivity contribution in [2.75, 3.05) is 12.1 Å². The summed E-state index contributed by atoms with van der Waals surface area (Å²) in [6.07, 6.45) is 1.77. The molecule has 0 bridgehead atoms. The molecule has 1 heterocycles. The number of nitrogens with zero attached hydrogens (tertiary/aromatic N) is 2. The average molecular weight is 467 g/mol. The quantitative estimate of drug-likeness (QED) is 0.395. The van der Waals surface area contributed by atoms with Crippen LogP contribution in [-0.4, -0.2) is 18.7 Å². The molecular weight excluding hydrogens is 447 g/mol. The molecule has 0 saturated heterocycles. The third kappa shape index (κ3) is 4.64. The van der Waals surface area contributed by atoms with Gasteiger partial charge >= 0.3 is 0 Å². The van der Waals surface area contributed by atoms with Gasteiger partial charge in [-0.25, -0.2) is 0 Å². The van der Waals surface area contributed by atoms with Crippen molar-refractivity contribution in [1.82, 2.24) is 0 Å². The van der Waals surface area contributed by atoms with Crippen LogP contribution < -0.4 is 14.5 Å². The molecule has 0 aromatic heterocycles. The first-order chi connectivity index (χ1) is 15.5. The molecule has 3 aromatic rings. The van der Waals surface area contributed by atoms with E-state index in [2.05, 4.69) is 5.10 Å². The number of para-hydroxylation sites is 1. The van der Waals surface area contributed by atoms with E-state index in [1.54, 1.807) is 44.4 Å². The standard InChI is InChI=1S/C25H20Cl2N2O3/c1-16-22(25(30)29(28-16)20-6-4-3-5-7-20)13-18-12-21(31-2)10-11-24(18)32-15-17-8-9-19(26)14-23(17)27/h3-14H,15H2,1-2H3/b22-13+. The van der Waals surface area contributed by atoms with Gasteiger partial charge in [-0.1, -0.05) is 47.5 Å². The smallest absolute Gasteiger partial charge is 0.280 e. The molecular formula is C25H20Cl2N2O3. The fourth-order valence-electron chi connectivity index (χ4n) is 3.28. The van der Waals surface area contributed by atoms with Crippen molar-refractivity contribution in [1.29, 1.82) is 0 Å². The highest BCUT2D eigenvalue weighted by Crippen LogP contribution is 2.31. The summed E-state index contributed by atoms with van der Waals surface area (Å²) in [5.41, 5.74) is 3.31. The maximum Gasteiger partial charge on any atom is 0.280 e. The minimum atomic E-state index is -0.205. The van der Waals surface area contributed by atoms with Crippen molar-refractivity contribution < 1.29 is 14.3 Å². The number of rotatable bonds is 6. The highest BCUT2D eigenvalue weighted by molar-refractivity contribution is 6.35. The summed E-state index contributed by atoms with van der Waals surface area (Å²) < 4.78 is 11.4. The van der Waals surface area contributed by atoms with Crippen LogP contribution in [0.4, 0.5) is 5.69 Å². The Bertz CT molecular complexity index is 1220. The molecule has 32 heavy (non-hydrogen) atoms. The van der Waals surface area contributed by atoms with Crippen LogP contribution in [0.5, 0.6) is 11.5 Å². The number of halogens is 2. The third-order valence-corrected chi connectivity index (χ3v) is 5.57. The lowest BCUT2D eigenvalue weighted by Crippen LogP contribution is -2.21. The van der Waals surface area contributed by atoms with E-state index in [1.807, 2.05) is 42.5 Å². The first kappa shape index (κ1) is 21.9. The van der Waals surface area contributed by atoms with Crippen LogP contribution in [0.2, 0.25) is 10.0 Å². The zero-order valence-electron chi connectivity index (χ0n) is 17.5. The molecule has 0 saturated carbocycles. The summed E-state index contributed by atoms with van der Waals surface area (Å²) in [6.45, 7) is 2.05. The third-order valence-electron chi connectivity index (χ3n) is 4.98. The summed E-state index contributed by atoms with van der Waals surface area (Å²) in [7, 11) is 1.59. The van der Waals surface area contributed by atoms with E-state index in [9.17, 15) is 4.79 Å². The fourth-order valence-corrected chi connectivity index (χ4v) is 3.74. The van der Waals surface area contributed by atoms with Gasteiger partial charge in [0.2, 0.25) is 0 Å². The van der Waals surface area contributed by atoms with Crippen LogP contribution in [0.25, 0.3) is 6.08 Å². The predicted octanol–water partition coefficient (Wildman–Crippen LogP) is 6.39. The number of carbonyl (C=O) groups is 1. The van der Waals surface area contributed by atoms with Gasteiger partial charge in [0.25, 0.3) is 5.91 Å². The molecule has 0 fully saturated rings. The molecule has 1 aliphatic rings. The molecule has 3 aromatic carbocycles. The number of hydrogen-bond acceptors (Lipinski definition) is 4. The van der Waals surface area contributed by atoms with Crippen molar-refractivity contribution >= 4 is 46.6 Å². The van der Waals surface area contributed by atoms with Gasteiger partial charge in [0.15, 0.2) is 0 Å². The van der Waals surface area contributed by atoms with Gasteiger partial charge in [0.05, 0.1) is 24.1 Å². The van der Waals surface area contributed by atoms with Gasteiger partial charge in [0, 0.05) is 21.2 Å². The van der Waals surface area contributed by atoms with Crippen LogP contribution in [0.15, 0.2) is 77.4 Å². The SMILES string of the molecule is COc1ccc(OCc2ccc(Cl)cc2Cl)c(/C=C2/C(=O)N(c3ccccc3)N=C2C)c1. The summed E-state index contributed by atoms with van der Waals surface area (Å²) in [5, 5.41) is 6.92. The van der Waals surface area contributed by atoms with Gasteiger partial charge in [0.1, 0.15) is 18.1 Å². The second-order valence-corrected chi connectivity index (χ2v) is 7.97. The van der Waals surface area contributed by atoms with Gasteiger partial charge < -0.3 is 9.47 Å². The molecule has 0 radical (unpaired) electrons. The average Bonchev–Trinajstić information content (AvgIpc) is 3.08. The monoisotopic (exact) mass is 466 g/mol. The number of ether oxygens (including phenoxy) is 2. The van der Waals surface area contributed by atoms with Gasteiger partial charge in [-0.2, -0.15) is 10.1 Å². The molecule has 7 heteroatoms. The van der Waals surface area contributed by atoms with Gasteiger partial charge in [-0.05, 0) is 55.5 Å². The van der Waals surface area contributed by atoms with Crippen molar-refractivity contribution in [3.8, 4) is 11.5 Å². The van der Waals surface area contributed by atoms with Crippen LogP contribution >= 0.6 is 23.2 Å². The number of carbonyl (C=O) groups excluding carboxylic acids is 1. The number of amides is 1. The number of benzene rings is 3. The molecule has 1 amide bonds. The number of hydrazone groups is 1. The van der Waals surface area contributed by atoms with E-state index in [4.69, 9.17) is 32.7 Å². The molecule has 0 spiro atoms. The summed E-state index contributed by atoms with van der Waals surface area (Å²) >= 11 is 12.2. The molecule has 0 N–H and O–H groups in total. The molecule has 0 atom stereocenters. The Kier molecular flexibility index (Phi) is 6.49. The zero-order valence-corrected chi connectivity index (χ0v) is 19.0. The van der Waals surface area contributed by atoms with Gasteiger partial charge in [-0.3, -0.25) is 4.79 Å². The lowest BCUT2D eigenvalue weighted by atomic mass is 10.1. The molecule has 0 unspecified atom stereocenters. The van der Waals surface area contributed by atoms with Crippen molar-refractivity contribution in [2.24, 2.45) is 5.10 Å². The van der Waals surface area contributed by atoms with Gasteiger partial charge in [-0.15, -0.1) is 0 Å². The lowest BCUT2D eigenvalue weighted by Gasteiger charge is -2.13. The van der Waals surface area contributed by atoms with E-state index in [1.165, 1.54) is 5.01 Å². The highest BCUT2D eigenvalue weighted by atomic mass is 35.5. The van der Waals surface area contributed by atoms with E-state index in [0.29, 0.717) is 44.1 Å². The first-order valence-corrected chi connectivity index (χ1v) is 10.6. The summed E-state index contributed by atoms with van der Waals surface area (Å²) in [6, 6.07) is 20.0. The van der Waals surface area contributed by atoms with E-state index < -0.39 is 0 Å². The maximum atomic E-state index is 13.1. The van der Waals surface area contributed by atoms with Crippen LogP contribution in [0.1, 0.15) is 18.1 Å². The molecule has 0 aliphatic carbocycles. The lowest BCUT2D eigenvalue weighted by molar-refractivity contribution is -0.114. The number of anilines is 1. The molecule has 4 rings (SSSR count). The Morgan fingerprint density at radius 3 is 2.53 bits per heavy atom. The van der Waals surface area contributed by atoms with Crippen LogP contribution in [0, 0.1) is 0 Å². The molecule has 1 aliphatic heterocycles. The Hall–Kier alpha value is -3.28. The first-order valence-electron chi connectivity index (χ1n) is 9.88. The molecule has 5 nitrogen and oxygen atoms in total. The minimum Gasteiger partial charge on any atom is -0.497 e. The normalized spacial score (nSPS) is 14.6. The van der Waals surface area contributed by atoms with Crippen molar-refractivity contribution in [2.45, 2.75) is 13.5 Å². The minimum absolute atomic E-state index is 0.205. The fraction of sp³-hybridized carbons (Fsp3) is 0.120. The Labute approximate surface area is 196 Å². The number of hydrogen-bond donors (Lipinski definition) is 0. The van der Waals surface area contributed by atoms with E-state index >= 15 is 0 Å². The molecule has 162 valence electrons. The highest BCUT2D eigenvalue weighted by Gasteiger charge is 2.29. The Balaban J connectivity index is 1.64. The zero-order chi connectivity index (χ0) is 22.7. The van der Waals surface area contributed by atoms with Crippen LogP contribution in [-0.2, 0) is 11.4 Å². The van der Waals surface area contributed by atoms with E-state index in [-0.39, 0.29) is 12.5 Å². The second-order valence-electron chi connectivity index (χ2n) is 7.12. The van der Waals surface area contributed by atoms with E-state index in [0.717, 1.165) is 5.56 Å². The summed E-state index contributed by atoms with van der Waals surface area (Å²) in [4.78, 5) is 13.1. The van der Waals surface area contributed by atoms with Crippen molar-refractivity contribution in [3.05, 3.63) is 93.5 Å². The summed E-state index contributed by atoms with van der Waals surface area (Å²) in [5.74, 6) is 1.03. The maximum absolute atomic E-state index is 13.1. The predicted molar refractivity (Wildman–Crippen MR) is 129 cm³/mol. The van der Waals surface area contributed by atoms with Crippen molar-refractivity contribution in [3.63, 3.8) is 0 Å². The topological polar surface area (TPSA) is 51.1 Å². The number of methoxy groups -OCH3 is 1.